The smallest absolute Gasteiger partial charge is 0.439 e. The minimum Gasteiger partial charge on any atom is -0.439 e. The van der Waals surface area contributed by atoms with Gasteiger partial charge < -0.3 is 14.9 Å². The summed E-state index contributed by atoms with van der Waals surface area (Å²) in [6.07, 6.45) is -3.26. The van der Waals surface area contributed by atoms with Crippen molar-refractivity contribution in [3.63, 3.8) is 0 Å². The molecule has 5 nitrogen and oxygen atoms in total. The topological polar surface area (TPSA) is 69.4 Å². The summed E-state index contributed by atoms with van der Waals surface area (Å²) in [5, 5.41) is 0. The zero-order valence-electron chi connectivity index (χ0n) is 10.0. The normalized spacial score (nSPS) is 11.0. The molecule has 0 aliphatic rings. The van der Waals surface area contributed by atoms with Gasteiger partial charge in [-0.1, -0.05) is 0 Å². The lowest BCUT2D eigenvalue weighted by Gasteiger charge is -2.09. The Labute approximate surface area is 112 Å². The summed E-state index contributed by atoms with van der Waals surface area (Å²) in [6.45, 7) is 0. The van der Waals surface area contributed by atoms with Gasteiger partial charge in [0.1, 0.15) is 11.5 Å². The number of hydrogen-bond donors (Lipinski definition) is 2. The molecule has 20 heavy (non-hydrogen) atoms. The minimum absolute atomic E-state index is 0.286. The number of nitrogens with zero attached hydrogens (tertiary/aromatic N) is 1. The fraction of sp³-hybridized carbons (Fsp3) is 0.0833. The van der Waals surface area contributed by atoms with Crippen molar-refractivity contribution in [2.45, 2.75) is 6.36 Å². The van der Waals surface area contributed by atoms with Gasteiger partial charge in [-0.2, -0.15) is 0 Å². The van der Waals surface area contributed by atoms with Gasteiger partial charge in [-0.25, -0.2) is 4.98 Å². The number of anilines is 1. The molecular weight excluding hydrogens is 275 g/mol. The third-order valence-electron chi connectivity index (χ3n) is 2.18. The van der Waals surface area contributed by atoms with E-state index < -0.39 is 6.36 Å². The van der Waals surface area contributed by atoms with E-state index in [-0.39, 0.29) is 11.6 Å². The Morgan fingerprint density at radius 3 is 2.15 bits per heavy atom. The second-order valence-electron chi connectivity index (χ2n) is 3.65. The second-order valence-corrected chi connectivity index (χ2v) is 3.65. The van der Waals surface area contributed by atoms with Crippen LogP contribution in [-0.2, 0) is 0 Å². The predicted molar refractivity (Wildman–Crippen MR) is 65.2 cm³/mol. The maximum absolute atomic E-state index is 12.0. The fourth-order valence-corrected chi connectivity index (χ4v) is 1.36. The van der Waals surface area contributed by atoms with Gasteiger partial charge in [0.15, 0.2) is 0 Å². The lowest BCUT2D eigenvalue weighted by atomic mass is 10.3. The Morgan fingerprint density at radius 1 is 1.00 bits per heavy atom. The van der Waals surface area contributed by atoms with Crippen LogP contribution in [0, 0.1) is 0 Å². The van der Waals surface area contributed by atoms with Gasteiger partial charge in [0, 0.05) is 6.07 Å². The second kappa shape index (κ2) is 5.66. The Bertz CT molecular complexity index is 556. The first kappa shape index (κ1) is 13.9. The van der Waals surface area contributed by atoms with Crippen LogP contribution in [0.25, 0.3) is 0 Å². The molecule has 0 spiro atoms. The molecule has 0 bridgehead atoms. The minimum atomic E-state index is -4.71. The van der Waals surface area contributed by atoms with Crippen LogP contribution >= 0.6 is 0 Å². The van der Waals surface area contributed by atoms with Crippen molar-refractivity contribution in [2.75, 3.05) is 5.43 Å². The zero-order chi connectivity index (χ0) is 14.6. The molecule has 2 aromatic rings. The van der Waals surface area contributed by atoms with Crippen molar-refractivity contribution < 1.29 is 22.6 Å². The quantitative estimate of drug-likeness (QED) is 0.667. The lowest BCUT2D eigenvalue weighted by Crippen LogP contribution is -2.16. The van der Waals surface area contributed by atoms with Crippen LogP contribution in [0.4, 0.5) is 18.9 Å². The molecule has 2 rings (SSSR count). The van der Waals surface area contributed by atoms with Crippen molar-refractivity contribution in [1.29, 1.82) is 0 Å². The van der Waals surface area contributed by atoms with Crippen LogP contribution in [0.2, 0.25) is 0 Å². The summed E-state index contributed by atoms with van der Waals surface area (Å²) in [5.74, 6) is 5.48. The number of ether oxygens (including phenoxy) is 2. The third kappa shape index (κ3) is 4.02. The Balaban J connectivity index is 2.02. The molecule has 1 aromatic carbocycles. The van der Waals surface area contributed by atoms with Crippen LogP contribution in [0.3, 0.4) is 0 Å². The standard InChI is InChI=1S/C12H10F3N3O2/c13-12(14,15)20-10-4-2-9(3-5-10)19-11-6-1-8(18-16)7-17-11/h1-7,18H,16H2. The van der Waals surface area contributed by atoms with Gasteiger partial charge in [0.05, 0.1) is 11.9 Å². The number of hydrogen-bond acceptors (Lipinski definition) is 5. The van der Waals surface area contributed by atoms with Gasteiger partial charge >= 0.3 is 6.36 Å². The maximum Gasteiger partial charge on any atom is 0.573 e. The molecule has 0 aliphatic heterocycles. The number of nitrogens with two attached hydrogens (primary N) is 1. The molecule has 0 saturated carbocycles. The molecular formula is C12H10F3N3O2. The fourth-order valence-electron chi connectivity index (χ4n) is 1.36. The summed E-state index contributed by atoms with van der Waals surface area (Å²) in [4.78, 5) is 3.95. The summed E-state index contributed by atoms with van der Waals surface area (Å²) in [5.41, 5.74) is 3.01. The molecule has 1 heterocycles. The van der Waals surface area contributed by atoms with E-state index >= 15 is 0 Å². The van der Waals surface area contributed by atoms with Crippen molar-refractivity contribution in [1.82, 2.24) is 4.98 Å². The molecule has 8 heteroatoms. The van der Waals surface area contributed by atoms with Crippen LogP contribution in [0.15, 0.2) is 42.6 Å². The number of pyridine rings is 1. The number of rotatable bonds is 4. The largest absolute Gasteiger partial charge is 0.573 e. The average Bonchev–Trinajstić information content (AvgIpc) is 2.40. The van der Waals surface area contributed by atoms with Crippen molar-refractivity contribution in [3.05, 3.63) is 42.6 Å². The monoisotopic (exact) mass is 285 g/mol. The molecule has 1 aromatic heterocycles. The SMILES string of the molecule is NNc1ccc(Oc2ccc(OC(F)(F)F)cc2)nc1. The molecule has 3 N–H and O–H groups in total. The van der Waals surface area contributed by atoms with Gasteiger partial charge in [0.25, 0.3) is 0 Å². The number of halogens is 3. The van der Waals surface area contributed by atoms with E-state index in [1.165, 1.54) is 18.3 Å². The molecule has 0 atom stereocenters. The van der Waals surface area contributed by atoms with Crippen LogP contribution in [0.5, 0.6) is 17.4 Å². The van der Waals surface area contributed by atoms with E-state index in [1.54, 1.807) is 12.1 Å². The number of aromatic nitrogens is 1. The number of alkyl halides is 3. The van der Waals surface area contributed by atoms with Gasteiger partial charge in [-0.15, -0.1) is 13.2 Å². The summed E-state index contributed by atoms with van der Waals surface area (Å²) in [6, 6.07) is 8.20. The van der Waals surface area contributed by atoms with Gasteiger partial charge in [-0.05, 0) is 30.3 Å². The van der Waals surface area contributed by atoms with Gasteiger partial charge in [0.2, 0.25) is 5.88 Å². The number of nitrogens with one attached hydrogen (secondary N) is 1. The first-order valence-corrected chi connectivity index (χ1v) is 5.42. The first-order chi connectivity index (χ1) is 9.46. The molecule has 0 amide bonds. The van der Waals surface area contributed by atoms with E-state index in [1.807, 2.05) is 0 Å². The van der Waals surface area contributed by atoms with Crippen LogP contribution in [0.1, 0.15) is 0 Å². The highest BCUT2D eigenvalue weighted by Gasteiger charge is 2.30. The summed E-state index contributed by atoms with van der Waals surface area (Å²) < 4.78 is 45.0. The highest BCUT2D eigenvalue weighted by atomic mass is 19.4. The third-order valence-corrected chi connectivity index (χ3v) is 2.18. The average molecular weight is 285 g/mol. The number of benzene rings is 1. The van der Waals surface area contributed by atoms with E-state index in [9.17, 15) is 13.2 Å². The summed E-state index contributed by atoms with van der Waals surface area (Å²) in [7, 11) is 0. The Morgan fingerprint density at radius 2 is 1.65 bits per heavy atom. The van der Waals surface area contributed by atoms with Crippen molar-refractivity contribution in [3.8, 4) is 17.4 Å². The van der Waals surface area contributed by atoms with E-state index in [0.29, 0.717) is 11.4 Å². The molecule has 0 unspecified atom stereocenters. The van der Waals surface area contributed by atoms with Gasteiger partial charge in [-0.3, -0.25) is 5.84 Å². The zero-order valence-corrected chi connectivity index (χ0v) is 10.0. The predicted octanol–water partition coefficient (Wildman–Crippen LogP) is 3.06. The van der Waals surface area contributed by atoms with E-state index in [4.69, 9.17) is 10.6 Å². The summed E-state index contributed by atoms with van der Waals surface area (Å²) >= 11 is 0. The van der Waals surface area contributed by atoms with E-state index in [2.05, 4.69) is 15.1 Å². The van der Waals surface area contributed by atoms with Crippen molar-refractivity contribution >= 4 is 5.69 Å². The molecule has 106 valence electrons. The highest BCUT2D eigenvalue weighted by Crippen LogP contribution is 2.26. The molecule has 0 fully saturated rings. The first-order valence-electron chi connectivity index (χ1n) is 5.42. The maximum atomic E-state index is 12.0. The van der Waals surface area contributed by atoms with Crippen molar-refractivity contribution in [2.24, 2.45) is 5.84 Å². The number of nitrogen functional groups attached to an aromatic ring is 1. The Kier molecular flexibility index (Phi) is 3.94. The molecule has 0 saturated heterocycles. The van der Waals surface area contributed by atoms with Crippen LogP contribution in [-0.4, -0.2) is 11.3 Å². The molecule has 0 radical (unpaired) electrons. The highest BCUT2D eigenvalue weighted by molar-refractivity contribution is 5.41. The van der Waals surface area contributed by atoms with E-state index in [0.717, 1.165) is 12.1 Å². The number of hydrazine groups is 1. The lowest BCUT2D eigenvalue weighted by molar-refractivity contribution is -0.274. The molecule has 0 aliphatic carbocycles. The Hall–Kier alpha value is -2.48. The van der Waals surface area contributed by atoms with Crippen LogP contribution < -0.4 is 20.7 Å².